The molecule has 1 aromatic carbocycles. The average Bonchev–Trinajstić information content (AvgIpc) is 2.79. The van der Waals surface area contributed by atoms with Crippen molar-refractivity contribution in [3.05, 3.63) is 44.9 Å². The Labute approximate surface area is 124 Å². The van der Waals surface area contributed by atoms with Crippen molar-refractivity contribution < 1.29 is 14.3 Å². The highest BCUT2D eigenvalue weighted by atomic mass is 35.5. The number of halogens is 2. The summed E-state index contributed by atoms with van der Waals surface area (Å²) in [6.07, 6.45) is 0. The Morgan fingerprint density at radius 3 is 2.75 bits per heavy atom. The number of hydrogen-bond donors (Lipinski definition) is 3. The third-order valence-electron chi connectivity index (χ3n) is 2.76. The number of carboxylic acids is 1. The number of hydrogen-bond acceptors (Lipinski definition) is 4. The lowest BCUT2D eigenvalue weighted by Gasteiger charge is -2.15. The molecule has 0 radical (unpaired) electrons. The van der Waals surface area contributed by atoms with Crippen LogP contribution in [0.25, 0.3) is 0 Å². The van der Waals surface area contributed by atoms with E-state index in [9.17, 15) is 9.18 Å². The molecule has 0 saturated heterocycles. The number of nitrogens with two attached hydrogens (primary N) is 1. The second-order valence-corrected chi connectivity index (χ2v) is 5.98. The van der Waals surface area contributed by atoms with Gasteiger partial charge in [0.05, 0.1) is 21.6 Å². The van der Waals surface area contributed by atoms with Crippen LogP contribution in [0.15, 0.2) is 24.3 Å². The number of aromatic carboxylic acids is 1. The van der Waals surface area contributed by atoms with Crippen molar-refractivity contribution in [2.24, 2.45) is 0 Å². The van der Waals surface area contributed by atoms with Crippen LogP contribution in [0.1, 0.15) is 28.2 Å². The molecule has 1 unspecified atom stereocenters. The van der Waals surface area contributed by atoms with Gasteiger partial charge in [-0.05, 0) is 31.2 Å². The molecule has 0 saturated carbocycles. The van der Waals surface area contributed by atoms with Gasteiger partial charge in [-0.2, -0.15) is 0 Å². The summed E-state index contributed by atoms with van der Waals surface area (Å²) in [5, 5.41) is 11.9. The van der Waals surface area contributed by atoms with Crippen molar-refractivity contribution in [1.29, 1.82) is 0 Å². The van der Waals surface area contributed by atoms with E-state index < -0.39 is 11.8 Å². The number of thiophene rings is 1. The molecule has 20 heavy (non-hydrogen) atoms. The number of carbonyl (C=O) groups is 1. The van der Waals surface area contributed by atoms with Crippen LogP contribution in [0.4, 0.5) is 15.8 Å². The van der Waals surface area contributed by atoms with Crippen molar-refractivity contribution in [3.8, 4) is 0 Å². The second-order valence-electron chi connectivity index (χ2n) is 4.23. The summed E-state index contributed by atoms with van der Waals surface area (Å²) in [7, 11) is 0. The quantitative estimate of drug-likeness (QED) is 0.746. The van der Waals surface area contributed by atoms with E-state index in [0.29, 0.717) is 4.34 Å². The zero-order valence-electron chi connectivity index (χ0n) is 10.5. The number of carboxylic acid groups (broad SMARTS) is 1. The second kappa shape index (κ2) is 5.68. The predicted molar refractivity (Wildman–Crippen MR) is 79.1 cm³/mol. The fourth-order valence-electron chi connectivity index (χ4n) is 1.75. The molecule has 0 bridgehead atoms. The summed E-state index contributed by atoms with van der Waals surface area (Å²) >= 11 is 7.22. The Kier molecular flexibility index (Phi) is 4.15. The van der Waals surface area contributed by atoms with Gasteiger partial charge in [0.2, 0.25) is 0 Å². The van der Waals surface area contributed by atoms with Crippen LogP contribution in [-0.4, -0.2) is 11.1 Å². The van der Waals surface area contributed by atoms with Gasteiger partial charge in [-0.3, -0.25) is 0 Å². The smallest absolute Gasteiger partial charge is 0.337 e. The van der Waals surface area contributed by atoms with Gasteiger partial charge in [0.1, 0.15) is 5.82 Å². The molecule has 0 aliphatic rings. The van der Waals surface area contributed by atoms with E-state index in [0.717, 1.165) is 10.9 Å². The van der Waals surface area contributed by atoms with Crippen molar-refractivity contribution >= 4 is 40.3 Å². The first-order valence-corrected chi connectivity index (χ1v) is 6.92. The molecule has 0 amide bonds. The van der Waals surface area contributed by atoms with Crippen LogP contribution < -0.4 is 11.1 Å². The van der Waals surface area contributed by atoms with E-state index in [4.69, 9.17) is 22.4 Å². The molecule has 7 heteroatoms. The molecule has 1 heterocycles. The lowest BCUT2D eigenvalue weighted by atomic mass is 10.1. The first-order valence-electron chi connectivity index (χ1n) is 5.72. The highest BCUT2D eigenvalue weighted by Crippen LogP contribution is 2.31. The monoisotopic (exact) mass is 314 g/mol. The Balaban J connectivity index is 2.29. The Morgan fingerprint density at radius 2 is 2.20 bits per heavy atom. The SMILES string of the molecule is CC(Nc1cc(C(=O)O)c(N)cc1F)c1ccc(Cl)s1. The number of anilines is 2. The van der Waals surface area contributed by atoms with Crippen LogP contribution in [0.2, 0.25) is 4.34 Å². The molecule has 1 atom stereocenters. The summed E-state index contributed by atoms with van der Waals surface area (Å²) in [5.74, 6) is -1.79. The fraction of sp³-hybridized carbons (Fsp3) is 0.154. The third-order valence-corrected chi connectivity index (χ3v) is 4.18. The van der Waals surface area contributed by atoms with E-state index in [1.807, 2.05) is 13.0 Å². The Hall–Kier alpha value is -1.79. The number of nitrogens with one attached hydrogen (secondary N) is 1. The van der Waals surface area contributed by atoms with E-state index in [1.165, 1.54) is 17.4 Å². The lowest BCUT2D eigenvalue weighted by molar-refractivity contribution is 0.0698. The van der Waals surface area contributed by atoms with Gasteiger partial charge in [0.25, 0.3) is 0 Å². The van der Waals surface area contributed by atoms with Gasteiger partial charge in [-0.15, -0.1) is 11.3 Å². The fourth-order valence-corrected chi connectivity index (χ4v) is 2.81. The normalized spacial score (nSPS) is 12.2. The molecule has 0 aliphatic carbocycles. The molecule has 2 rings (SSSR count). The Morgan fingerprint density at radius 1 is 1.50 bits per heavy atom. The summed E-state index contributed by atoms with van der Waals surface area (Å²) in [6, 6.07) is 5.57. The summed E-state index contributed by atoms with van der Waals surface area (Å²) in [5.41, 5.74) is 5.33. The standard InChI is InChI=1S/C13H12ClFN2O2S/c1-6(11-2-3-12(14)20-11)17-10-4-7(13(18)19)9(16)5-8(10)15/h2-6,17H,16H2,1H3,(H,18,19). The molecule has 106 valence electrons. The molecular weight excluding hydrogens is 303 g/mol. The zero-order chi connectivity index (χ0) is 14.9. The molecule has 4 N–H and O–H groups in total. The molecular formula is C13H12ClFN2O2S. The maximum absolute atomic E-state index is 13.8. The van der Waals surface area contributed by atoms with Crippen molar-refractivity contribution in [3.63, 3.8) is 0 Å². The summed E-state index contributed by atoms with van der Waals surface area (Å²) < 4.78 is 14.5. The van der Waals surface area contributed by atoms with E-state index in [-0.39, 0.29) is 23.0 Å². The van der Waals surface area contributed by atoms with Crippen LogP contribution in [0, 0.1) is 5.82 Å². The first kappa shape index (κ1) is 14.6. The molecule has 4 nitrogen and oxygen atoms in total. The van der Waals surface area contributed by atoms with Crippen LogP contribution in [0.3, 0.4) is 0 Å². The lowest BCUT2D eigenvalue weighted by Crippen LogP contribution is -2.10. The molecule has 0 aliphatic heterocycles. The summed E-state index contributed by atoms with van der Waals surface area (Å²) in [6.45, 7) is 1.83. The van der Waals surface area contributed by atoms with Gasteiger partial charge in [-0.25, -0.2) is 9.18 Å². The molecule has 1 aromatic heterocycles. The van der Waals surface area contributed by atoms with Gasteiger partial charge >= 0.3 is 5.97 Å². The van der Waals surface area contributed by atoms with Crippen LogP contribution in [-0.2, 0) is 0 Å². The van der Waals surface area contributed by atoms with Gasteiger partial charge in [0.15, 0.2) is 0 Å². The zero-order valence-corrected chi connectivity index (χ0v) is 12.1. The summed E-state index contributed by atoms with van der Waals surface area (Å²) in [4.78, 5) is 11.9. The molecule has 0 fully saturated rings. The first-order chi connectivity index (χ1) is 9.38. The number of benzene rings is 1. The Bertz CT molecular complexity index is 660. The topological polar surface area (TPSA) is 75.3 Å². The molecule has 2 aromatic rings. The maximum atomic E-state index is 13.8. The van der Waals surface area contributed by atoms with Gasteiger partial charge in [0, 0.05) is 10.6 Å². The highest BCUT2D eigenvalue weighted by Gasteiger charge is 2.16. The minimum atomic E-state index is -1.20. The largest absolute Gasteiger partial charge is 0.478 e. The van der Waals surface area contributed by atoms with Gasteiger partial charge < -0.3 is 16.2 Å². The number of rotatable bonds is 4. The van der Waals surface area contributed by atoms with Crippen LogP contribution >= 0.6 is 22.9 Å². The average molecular weight is 315 g/mol. The van der Waals surface area contributed by atoms with Gasteiger partial charge in [-0.1, -0.05) is 11.6 Å². The van der Waals surface area contributed by atoms with E-state index in [1.54, 1.807) is 6.07 Å². The number of nitrogen functional groups attached to an aromatic ring is 1. The van der Waals surface area contributed by atoms with Crippen molar-refractivity contribution in [1.82, 2.24) is 0 Å². The molecule has 0 spiro atoms. The minimum absolute atomic E-state index is 0.0913. The third kappa shape index (κ3) is 3.02. The minimum Gasteiger partial charge on any atom is -0.478 e. The van der Waals surface area contributed by atoms with E-state index in [2.05, 4.69) is 5.32 Å². The van der Waals surface area contributed by atoms with Crippen molar-refractivity contribution in [2.45, 2.75) is 13.0 Å². The highest BCUT2D eigenvalue weighted by molar-refractivity contribution is 7.16. The predicted octanol–water partition coefficient (Wildman–Crippen LogP) is 3.99. The van der Waals surface area contributed by atoms with E-state index >= 15 is 0 Å². The maximum Gasteiger partial charge on any atom is 0.337 e. The van der Waals surface area contributed by atoms with Crippen molar-refractivity contribution in [2.75, 3.05) is 11.1 Å². The van der Waals surface area contributed by atoms with Crippen LogP contribution in [0.5, 0.6) is 0 Å².